The van der Waals surface area contributed by atoms with Crippen molar-refractivity contribution in [2.45, 2.75) is 11.4 Å². The molecule has 0 radical (unpaired) electrons. The molecule has 0 bridgehead atoms. The van der Waals surface area contributed by atoms with Gasteiger partial charge in [0.2, 0.25) is 10.0 Å². The number of tetrazole rings is 1. The van der Waals surface area contributed by atoms with E-state index in [1.54, 1.807) is 6.07 Å². The summed E-state index contributed by atoms with van der Waals surface area (Å²) in [6.45, 7) is -0.0841. The van der Waals surface area contributed by atoms with Gasteiger partial charge in [-0.3, -0.25) is 0 Å². The fraction of sp³-hybridized carbons (Fsp3) is 0.300. The Bertz CT molecular complexity index is 671. The molecule has 10 heteroatoms. The number of sulfonamides is 1. The normalized spacial score (nSPS) is 11.3. The Labute approximate surface area is 115 Å². The van der Waals surface area contributed by atoms with Gasteiger partial charge in [0, 0.05) is 6.07 Å². The highest BCUT2D eigenvalue weighted by Gasteiger charge is 2.20. The standard InChI is InChI=1S/C10H13N5O4S/c1-18-7-3-4-8(19-2)9(5-7)20(16,17)11-6-10-12-14-15-13-10/h3-5,11H,6H2,1-2H3,(H,12,13,14,15). The third-order valence-electron chi connectivity index (χ3n) is 2.47. The molecule has 2 N–H and O–H groups in total. The molecule has 1 heterocycles. The first kappa shape index (κ1) is 14.2. The predicted molar refractivity (Wildman–Crippen MR) is 67.7 cm³/mol. The van der Waals surface area contributed by atoms with E-state index < -0.39 is 10.0 Å². The molecule has 0 unspecified atom stereocenters. The summed E-state index contributed by atoms with van der Waals surface area (Å²) in [6.07, 6.45) is 0. The lowest BCUT2D eigenvalue weighted by Gasteiger charge is -2.11. The lowest BCUT2D eigenvalue weighted by molar-refractivity contribution is 0.392. The molecule has 0 fully saturated rings. The number of benzene rings is 1. The smallest absolute Gasteiger partial charge is 0.244 e. The summed E-state index contributed by atoms with van der Waals surface area (Å²) in [4.78, 5) is -0.0251. The number of rotatable bonds is 6. The third-order valence-corrected chi connectivity index (χ3v) is 3.89. The molecule has 0 aliphatic rings. The van der Waals surface area contributed by atoms with Gasteiger partial charge >= 0.3 is 0 Å². The molecule has 20 heavy (non-hydrogen) atoms. The zero-order chi connectivity index (χ0) is 14.6. The summed E-state index contributed by atoms with van der Waals surface area (Å²) in [7, 11) is -0.950. The number of hydrogen-bond donors (Lipinski definition) is 2. The number of aromatic nitrogens is 4. The van der Waals surface area contributed by atoms with Gasteiger partial charge in [-0.2, -0.15) is 5.21 Å². The van der Waals surface area contributed by atoms with Crippen LogP contribution in [-0.2, 0) is 16.6 Å². The topological polar surface area (TPSA) is 119 Å². The summed E-state index contributed by atoms with van der Waals surface area (Å²) in [5.41, 5.74) is 0. The van der Waals surface area contributed by atoms with Crippen LogP contribution in [0.2, 0.25) is 0 Å². The highest BCUT2D eigenvalue weighted by atomic mass is 32.2. The zero-order valence-electron chi connectivity index (χ0n) is 10.8. The largest absolute Gasteiger partial charge is 0.497 e. The van der Waals surface area contributed by atoms with Crippen molar-refractivity contribution >= 4 is 10.0 Å². The van der Waals surface area contributed by atoms with Crippen LogP contribution in [-0.4, -0.2) is 43.3 Å². The van der Waals surface area contributed by atoms with Crippen molar-refractivity contribution in [3.8, 4) is 11.5 Å². The second-order valence-electron chi connectivity index (χ2n) is 3.67. The molecular weight excluding hydrogens is 286 g/mol. The van der Waals surface area contributed by atoms with Crippen molar-refractivity contribution in [1.29, 1.82) is 0 Å². The van der Waals surface area contributed by atoms with E-state index in [2.05, 4.69) is 25.3 Å². The molecule has 1 aromatic heterocycles. The van der Waals surface area contributed by atoms with E-state index >= 15 is 0 Å². The molecule has 2 rings (SSSR count). The highest BCUT2D eigenvalue weighted by Crippen LogP contribution is 2.27. The molecule has 0 saturated carbocycles. The van der Waals surface area contributed by atoms with Crippen molar-refractivity contribution in [1.82, 2.24) is 25.3 Å². The molecular formula is C10H13N5O4S. The van der Waals surface area contributed by atoms with Crippen LogP contribution in [0.4, 0.5) is 0 Å². The Morgan fingerprint density at radius 2 is 2.10 bits per heavy atom. The number of nitrogens with zero attached hydrogens (tertiary/aromatic N) is 3. The quantitative estimate of drug-likeness (QED) is 0.751. The molecule has 1 aromatic carbocycles. The number of nitrogens with one attached hydrogen (secondary N) is 2. The Morgan fingerprint density at radius 3 is 2.70 bits per heavy atom. The average molecular weight is 299 g/mol. The second kappa shape index (κ2) is 5.84. The van der Waals surface area contributed by atoms with Crippen LogP contribution >= 0.6 is 0 Å². The second-order valence-corrected chi connectivity index (χ2v) is 5.40. The molecule has 0 spiro atoms. The maximum Gasteiger partial charge on any atom is 0.244 e. The Balaban J connectivity index is 2.28. The van der Waals surface area contributed by atoms with Gasteiger partial charge in [-0.1, -0.05) is 5.21 Å². The number of ether oxygens (including phenoxy) is 2. The van der Waals surface area contributed by atoms with Crippen LogP contribution in [0.3, 0.4) is 0 Å². The molecule has 0 saturated heterocycles. The molecule has 0 amide bonds. The van der Waals surface area contributed by atoms with E-state index in [1.807, 2.05) is 0 Å². The molecule has 9 nitrogen and oxygen atoms in total. The SMILES string of the molecule is COc1ccc(OC)c(S(=O)(=O)NCc2nn[nH]n2)c1. The minimum atomic E-state index is -3.79. The highest BCUT2D eigenvalue weighted by molar-refractivity contribution is 7.89. The van der Waals surface area contributed by atoms with Gasteiger partial charge in [-0.25, -0.2) is 13.1 Å². The fourth-order valence-corrected chi connectivity index (χ4v) is 2.65. The van der Waals surface area contributed by atoms with Crippen molar-refractivity contribution in [2.24, 2.45) is 0 Å². The van der Waals surface area contributed by atoms with E-state index in [1.165, 1.54) is 26.4 Å². The van der Waals surface area contributed by atoms with Gasteiger partial charge in [0.25, 0.3) is 0 Å². The van der Waals surface area contributed by atoms with Gasteiger partial charge in [0.15, 0.2) is 5.82 Å². The van der Waals surface area contributed by atoms with Gasteiger partial charge < -0.3 is 9.47 Å². The van der Waals surface area contributed by atoms with Crippen LogP contribution < -0.4 is 14.2 Å². The molecule has 0 aliphatic heterocycles. The third kappa shape index (κ3) is 3.03. The number of aromatic amines is 1. The van der Waals surface area contributed by atoms with Crippen molar-refractivity contribution in [3.05, 3.63) is 24.0 Å². The van der Waals surface area contributed by atoms with E-state index in [9.17, 15) is 8.42 Å². The fourth-order valence-electron chi connectivity index (χ4n) is 1.49. The lowest BCUT2D eigenvalue weighted by Crippen LogP contribution is -2.24. The maximum absolute atomic E-state index is 12.2. The van der Waals surface area contributed by atoms with Crippen molar-refractivity contribution in [3.63, 3.8) is 0 Å². The van der Waals surface area contributed by atoms with Crippen LogP contribution in [0.15, 0.2) is 23.1 Å². The Kier molecular flexibility index (Phi) is 4.15. The summed E-state index contributed by atoms with van der Waals surface area (Å²) in [6, 6.07) is 4.50. The maximum atomic E-state index is 12.2. The molecule has 2 aromatic rings. The first-order chi connectivity index (χ1) is 9.56. The average Bonchev–Trinajstić information content (AvgIpc) is 2.98. The first-order valence-electron chi connectivity index (χ1n) is 5.51. The van der Waals surface area contributed by atoms with E-state index in [0.29, 0.717) is 5.75 Å². The van der Waals surface area contributed by atoms with Crippen LogP contribution in [0.1, 0.15) is 5.82 Å². The predicted octanol–water partition coefficient (Wildman–Crippen LogP) is -0.305. The molecule has 0 atom stereocenters. The molecule has 0 aliphatic carbocycles. The van der Waals surface area contributed by atoms with Crippen molar-refractivity contribution < 1.29 is 17.9 Å². The van der Waals surface area contributed by atoms with Crippen LogP contribution in [0.25, 0.3) is 0 Å². The minimum Gasteiger partial charge on any atom is -0.497 e. The number of methoxy groups -OCH3 is 2. The first-order valence-corrected chi connectivity index (χ1v) is 6.99. The summed E-state index contributed by atoms with van der Waals surface area (Å²) in [5, 5.41) is 12.9. The van der Waals surface area contributed by atoms with Crippen LogP contribution in [0, 0.1) is 0 Å². The zero-order valence-corrected chi connectivity index (χ0v) is 11.6. The van der Waals surface area contributed by atoms with E-state index in [-0.39, 0.29) is 23.0 Å². The number of H-pyrrole nitrogens is 1. The van der Waals surface area contributed by atoms with E-state index in [4.69, 9.17) is 9.47 Å². The number of hydrogen-bond acceptors (Lipinski definition) is 7. The Morgan fingerprint density at radius 1 is 1.30 bits per heavy atom. The summed E-state index contributed by atoms with van der Waals surface area (Å²) in [5.74, 6) is 0.854. The van der Waals surface area contributed by atoms with Crippen molar-refractivity contribution in [2.75, 3.05) is 14.2 Å². The molecule has 108 valence electrons. The van der Waals surface area contributed by atoms with Crippen LogP contribution in [0.5, 0.6) is 11.5 Å². The van der Waals surface area contributed by atoms with Gasteiger partial charge in [-0.05, 0) is 12.1 Å². The lowest BCUT2D eigenvalue weighted by atomic mass is 10.3. The minimum absolute atomic E-state index is 0.0251. The van der Waals surface area contributed by atoms with E-state index in [0.717, 1.165) is 0 Å². The summed E-state index contributed by atoms with van der Waals surface area (Å²) >= 11 is 0. The van der Waals surface area contributed by atoms with Gasteiger partial charge in [-0.15, -0.1) is 10.2 Å². The van der Waals surface area contributed by atoms with Gasteiger partial charge in [0.1, 0.15) is 16.4 Å². The van der Waals surface area contributed by atoms with Gasteiger partial charge in [0.05, 0.1) is 20.8 Å². The Hall–Kier alpha value is -2.20. The summed E-state index contributed by atoms with van der Waals surface area (Å²) < 4.78 is 36.9. The monoisotopic (exact) mass is 299 g/mol.